The van der Waals surface area contributed by atoms with Crippen molar-refractivity contribution in [2.75, 3.05) is 0 Å². The van der Waals surface area contributed by atoms with E-state index in [9.17, 15) is 4.79 Å². The lowest BCUT2D eigenvalue weighted by Crippen LogP contribution is -2.51. The molecule has 0 radical (unpaired) electrons. The minimum absolute atomic E-state index is 0.0161. The molecule has 1 aliphatic rings. The van der Waals surface area contributed by atoms with Crippen molar-refractivity contribution >= 4 is 5.91 Å². The van der Waals surface area contributed by atoms with Crippen molar-refractivity contribution in [3.8, 4) is 0 Å². The molecule has 2 rings (SSSR count). The van der Waals surface area contributed by atoms with Gasteiger partial charge < -0.3 is 5.32 Å². The molecule has 0 spiro atoms. The van der Waals surface area contributed by atoms with Gasteiger partial charge in [-0.1, -0.05) is 0 Å². The van der Waals surface area contributed by atoms with Crippen LogP contribution in [0.25, 0.3) is 0 Å². The van der Waals surface area contributed by atoms with Crippen molar-refractivity contribution in [2.24, 2.45) is 0 Å². The Labute approximate surface area is 76.7 Å². The number of H-pyrrole nitrogens is 1. The second-order valence-electron chi connectivity index (χ2n) is 3.84. The van der Waals surface area contributed by atoms with E-state index in [1.807, 2.05) is 0 Å². The van der Waals surface area contributed by atoms with Gasteiger partial charge in [0.05, 0.1) is 0 Å². The molecule has 70 valence electrons. The first-order valence-corrected chi connectivity index (χ1v) is 4.52. The molecule has 1 fully saturated rings. The standard InChI is InChI=1S/C9H13N3O/c1-9(4-2-5-9)11-8(13)7-3-6-10-12-7/h3,6H,2,4-5H2,1H3,(H,10,12)(H,11,13). The summed E-state index contributed by atoms with van der Waals surface area (Å²) >= 11 is 0. The second-order valence-corrected chi connectivity index (χ2v) is 3.84. The Kier molecular flexibility index (Phi) is 1.83. The van der Waals surface area contributed by atoms with E-state index in [-0.39, 0.29) is 11.4 Å². The zero-order valence-electron chi connectivity index (χ0n) is 7.63. The number of aromatic amines is 1. The Morgan fingerprint density at radius 3 is 2.92 bits per heavy atom. The summed E-state index contributed by atoms with van der Waals surface area (Å²) in [5.41, 5.74) is 0.551. The van der Waals surface area contributed by atoms with Gasteiger partial charge >= 0.3 is 0 Å². The van der Waals surface area contributed by atoms with Gasteiger partial charge in [0.25, 0.3) is 5.91 Å². The molecule has 0 aromatic carbocycles. The molecule has 0 aliphatic heterocycles. The number of hydrogen-bond acceptors (Lipinski definition) is 2. The summed E-state index contributed by atoms with van der Waals surface area (Å²) < 4.78 is 0. The van der Waals surface area contributed by atoms with Gasteiger partial charge in [0.2, 0.25) is 0 Å². The predicted octanol–water partition coefficient (Wildman–Crippen LogP) is 1.08. The maximum absolute atomic E-state index is 11.5. The number of hydrogen-bond donors (Lipinski definition) is 2. The lowest BCUT2D eigenvalue weighted by molar-refractivity contribution is 0.0845. The normalized spacial score (nSPS) is 19.2. The van der Waals surface area contributed by atoms with Crippen LogP contribution in [0.5, 0.6) is 0 Å². The Bertz CT molecular complexity index is 301. The molecule has 1 aromatic heterocycles. The molecular weight excluding hydrogens is 166 g/mol. The lowest BCUT2D eigenvalue weighted by Gasteiger charge is -2.38. The van der Waals surface area contributed by atoms with Crippen molar-refractivity contribution in [3.63, 3.8) is 0 Å². The smallest absolute Gasteiger partial charge is 0.269 e. The van der Waals surface area contributed by atoms with Crippen LogP contribution in [0.1, 0.15) is 36.7 Å². The highest BCUT2D eigenvalue weighted by Crippen LogP contribution is 2.30. The van der Waals surface area contributed by atoms with Crippen molar-refractivity contribution in [2.45, 2.75) is 31.7 Å². The minimum atomic E-state index is -0.0558. The summed E-state index contributed by atoms with van der Waals surface area (Å²) in [7, 11) is 0. The van der Waals surface area contributed by atoms with Crippen LogP contribution >= 0.6 is 0 Å². The summed E-state index contributed by atoms with van der Waals surface area (Å²) in [6, 6.07) is 1.68. The van der Waals surface area contributed by atoms with Crippen LogP contribution in [0.15, 0.2) is 12.3 Å². The summed E-state index contributed by atoms with van der Waals surface area (Å²) in [5, 5.41) is 9.36. The van der Waals surface area contributed by atoms with E-state index < -0.39 is 0 Å². The van der Waals surface area contributed by atoms with Crippen LogP contribution in [0, 0.1) is 0 Å². The van der Waals surface area contributed by atoms with E-state index >= 15 is 0 Å². The first-order valence-electron chi connectivity index (χ1n) is 4.52. The number of carbonyl (C=O) groups is 1. The van der Waals surface area contributed by atoms with Crippen molar-refractivity contribution in [1.82, 2.24) is 15.5 Å². The highest BCUT2D eigenvalue weighted by Gasteiger charge is 2.33. The zero-order chi connectivity index (χ0) is 9.31. The summed E-state index contributed by atoms with van der Waals surface area (Å²) in [4.78, 5) is 11.5. The number of nitrogens with one attached hydrogen (secondary N) is 2. The molecule has 1 aliphatic carbocycles. The third kappa shape index (κ3) is 1.56. The topological polar surface area (TPSA) is 57.8 Å². The Morgan fingerprint density at radius 1 is 1.69 bits per heavy atom. The van der Waals surface area contributed by atoms with Crippen LogP contribution in [-0.4, -0.2) is 21.6 Å². The molecule has 1 aromatic rings. The Morgan fingerprint density at radius 2 is 2.46 bits per heavy atom. The molecular formula is C9H13N3O. The average Bonchev–Trinajstić information content (AvgIpc) is 2.53. The first kappa shape index (κ1) is 8.29. The molecule has 1 amide bonds. The fourth-order valence-corrected chi connectivity index (χ4v) is 1.56. The molecule has 13 heavy (non-hydrogen) atoms. The van der Waals surface area contributed by atoms with Crippen molar-refractivity contribution < 1.29 is 4.79 Å². The fraction of sp³-hybridized carbons (Fsp3) is 0.556. The fourth-order valence-electron chi connectivity index (χ4n) is 1.56. The number of rotatable bonds is 2. The molecule has 0 atom stereocenters. The van der Waals surface area contributed by atoms with Gasteiger partial charge in [-0.05, 0) is 32.3 Å². The monoisotopic (exact) mass is 179 g/mol. The lowest BCUT2D eigenvalue weighted by atomic mass is 9.78. The molecule has 0 unspecified atom stereocenters. The quantitative estimate of drug-likeness (QED) is 0.713. The number of nitrogens with zero attached hydrogens (tertiary/aromatic N) is 1. The van der Waals surface area contributed by atoms with E-state index in [0.717, 1.165) is 12.8 Å². The van der Waals surface area contributed by atoms with Gasteiger partial charge in [-0.3, -0.25) is 9.89 Å². The van der Waals surface area contributed by atoms with E-state index in [0.29, 0.717) is 5.69 Å². The predicted molar refractivity (Wildman–Crippen MR) is 48.3 cm³/mol. The SMILES string of the molecule is CC1(NC(=O)c2ccn[nH]2)CCC1. The average molecular weight is 179 g/mol. The van der Waals surface area contributed by atoms with Crippen molar-refractivity contribution in [1.29, 1.82) is 0 Å². The van der Waals surface area contributed by atoms with Gasteiger partial charge in [0.15, 0.2) is 0 Å². The summed E-state index contributed by atoms with van der Waals surface area (Å²) in [5.74, 6) is -0.0558. The highest BCUT2D eigenvalue weighted by atomic mass is 16.2. The minimum Gasteiger partial charge on any atom is -0.346 e. The largest absolute Gasteiger partial charge is 0.346 e. The third-order valence-corrected chi connectivity index (χ3v) is 2.62. The van der Waals surface area contributed by atoms with Gasteiger partial charge in [-0.25, -0.2) is 0 Å². The third-order valence-electron chi connectivity index (χ3n) is 2.62. The molecule has 0 bridgehead atoms. The maximum Gasteiger partial charge on any atom is 0.269 e. The second kappa shape index (κ2) is 2.87. The van der Waals surface area contributed by atoms with E-state index in [1.54, 1.807) is 12.3 Å². The van der Waals surface area contributed by atoms with E-state index in [2.05, 4.69) is 22.4 Å². The van der Waals surface area contributed by atoms with Crippen molar-refractivity contribution in [3.05, 3.63) is 18.0 Å². The van der Waals surface area contributed by atoms with Crippen LogP contribution in [0.2, 0.25) is 0 Å². The van der Waals surface area contributed by atoms with Gasteiger partial charge in [-0.2, -0.15) is 5.10 Å². The first-order chi connectivity index (χ1) is 6.20. The molecule has 1 heterocycles. The van der Waals surface area contributed by atoms with E-state index in [4.69, 9.17) is 0 Å². The Balaban J connectivity index is 1.99. The maximum atomic E-state index is 11.5. The summed E-state index contributed by atoms with van der Waals surface area (Å²) in [6.45, 7) is 2.07. The van der Waals surface area contributed by atoms with Crippen LogP contribution in [0.3, 0.4) is 0 Å². The van der Waals surface area contributed by atoms with Crippen LogP contribution in [-0.2, 0) is 0 Å². The highest BCUT2D eigenvalue weighted by molar-refractivity contribution is 5.92. The number of carbonyl (C=O) groups excluding carboxylic acids is 1. The van der Waals surface area contributed by atoms with Gasteiger partial charge in [0.1, 0.15) is 5.69 Å². The van der Waals surface area contributed by atoms with Gasteiger partial charge in [-0.15, -0.1) is 0 Å². The summed E-state index contributed by atoms with van der Waals surface area (Å²) in [6.07, 6.45) is 4.94. The Hall–Kier alpha value is -1.32. The molecule has 1 saturated carbocycles. The molecule has 4 nitrogen and oxygen atoms in total. The zero-order valence-corrected chi connectivity index (χ0v) is 7.63. The van der Waals surface area contributed by atoms with E-state index in [1.165, 1.54) is 6.42 Å². The molecule has 2 N–H and O–H groups in total. The number of aromatic nitrogens is 2. The van der Waals surface area contributed by atoms with Crippen LogP contribution in [0.4, 0.5) is 0 Å². The number of amides is 1. The van der Waals surface area contributed by atoms with Gasteiger partial charge in [0, 0.05) is 11.7 Å². The molecule has 0 saturated heterocycles. The van der Waals surface area contributed by atoms with Crippen LogP contribution < -0.4 is 5.32 Å². The molecule has 4 heteroatoms.